The molecule has 1 aromatic heterocycles. The molecular weight excluding hydrogens is 232 g/mol. The van der Waals surface area contributed by atoms with Crippen LogP contribution in [0.3, 0.4) is 0 Å². The topological polar surface area (TPSA) is 34.0 Å². The van der Waals surface area contributed by atoms with Crippen molar-refractivity contribution in [2.75, 3.05) is 19.6 Å². The fourth-order valence-corrected chi connectivity index (χ4v) is 2.74. The number of rotatable bonds is 1. The van der Waals surface area contributed by atoms with E-state index in [4.69, 9.17) is 0 Å². The molecule has 3 unspecified atom stereocenters. The second-order valence-electron chi connectivity index (χ2n) is 3.87. The van der Waals surface area contributed by atoms with E-state index in [0.717, 1.165) is 12.5 Å². The molecule has 1 aromatic rings. The van der Waals surface area contributed by atoms with Crippen LogP contribution in [0.15, 0.2) is 11.1 Å². The summed E-state index contributed by atoms with van der Waals surface area (Å²) in [7, 11) is 0. The lowest BCUT2D eigenvalue weighted by atomic mass is 10.0. The molecule has 3 atom stereocenters. The van der Waals surface area contributed by atoms with E-state index in [-0.39, 0.29) is 0 Å². The minimum Gasteiger partial charge on any atom is -0.301 e. The maximum Gasteiger partial charge on any atom is 0.217 e. The van der Waals surface area contributed by atoms with Gasteiger partial charge < -0.3 is 4.90 Å². The highest BCUT2D eigenvalue weighted by Gasteiger charge is 2.39. The van der Waals surface area contributed by atoms with Crippen LogP contribution in [0.2, 0.25) is 0 Å². The molecule has 0 aliphatic carbocycles. The average molecular weight is 243 g/mol. The van der Waals surface area contributed by atoms with Gasteiger partial charge in [-0.2, -0.15) is 0 Å². The molecule has 5 heteroatoms. The van der Waals surface area contributed by atoms with Gasteiger partial charge in [-0.3, -0.25) is 0 Å². The van der Waals surface area contributed by atoms with Crippen LogP contribution < -0.4 is 0 Å². The maximum absolute atomic E-state index is 4.31. The molecule has 4 nitrogen and oxygen atoms in total. The van der Waals surface area contributed by atoms with Crippen LogP contribution in [0.4, 0.5) is 0 Å². The molecule has 0 saturated carbocycles. The van der Waals surface area contributed by atoms with Crippen LogP contribution in [-0.2, 0) is 0 Å². The molecule has 2 saturated heterocycles. The minimum atomic E-state index is 0.563. The van der Waals surface area contributed by atoms with Gasteiger partial charge in [0.05, 0.1) is 6.04 Å². The first kappa shape index (κ1) is 7.94. The van der Waals surface area contributed by atoms with Crippen molar-refractivity contribution in [1.29, 1.82) is 0 Å². The van der Waals surface area contributed by atoms with Gasteiger partial charge in [0.25, 0.3) is 0 Å². The summed E-state index contributed by atoms with van der Waals surface area (Å²) in [5.41, 5.74) is 0. The minimum absolute atomic E-state index is 0.563. The molecule has 13 heavy (non-hydrogen) atoms. The highest BCUT2D eigenvalue weighted by molar-refractivity contribution is 9.10. The van der Waals surface area contributed by atoms with Gasteiger partial charge in [0.15, 0.2) is 0 Å². The van der Waals surface area contributed by atoms with Gasteiger partial charge in [0.2, 0.25) is 4.73 Å². The Hall–Kier alpha value is -0.420. The van der Waals surface area contributed by atoms with Crippen LogP contribution in [0.5, 0.6) is 0 Å². The quantitative estimate of drug-likeness (QED) is 0.735. The van der Waals surface area contributed by atoms with E-state index in [1.807, 2.05) is 11.0 Å². The highest BCUT2D eigenvalue weighted by Crippen LogP contribution is 2.35. The third-order valence-electron chi connectivity index (χ3n) is 3.12. The van der Waals surface area contributed by atoms with E-state index in [2.05, 4.69) is 30.9 Å². The van der Waals surface area contributed by atoms with E-state index in [9.17, 15) is 0 Å². The van der Waals surface area contributed by atoms with E-state index < -0.39 is 0 Å². The molecule has 0 N–H and O–H groups in total. The Bertz CT molecular complexity index is 324. The summed E-state index contributed by atoms with van der Waals surface area (Å²) in [6, 6.07) is 0.563. The molecule has 0 radical (unpaired) electrons. The molecule has 2 bridgehead atoms. The lowest BCUT2D eigenvalue weighted by Crippen LogP contribution is -2.26. The van der Waals surface area contributed by atoms with Crippen molar-refractivity contribution in [3.63, 3.8) is 0 Å². The first-order chi connectivity index (χ1) is 6.33. The molecule has 0 spiro atoms. The van der Waals surface area contributed by atoms with Gasteiger partial charge in [0, 0.05) is 13.1 Å². The number of halogens is 1. The summed E-state index contributed by atoms with van der Waals surface area (Å²) in [6.45, 7) is 3.68. The Morgan fingerprint density at radius 1 is 1.46 bits per heavy atom. The van der Waals surface area contributed by atoms with Crippen LogP contribution in [0.1, 0.15) is 12.5 Å². The predicted molar refractivity (Wildman–Crippen MR) is 51.3 cm³/mol. The summed E-state index contributed by atoms with van der Waals surface area (Å²) in [4.78, 5) is 6.60. The van der Waals surface area contributed by atoms with E-state index in [1.165, 1.54) is 19.5 Å². The maximum atomic E-state index is 4.31. The Kier molecular flexibility index (Phi) is 1.70. The third kappa shape index (κ3) is 1.21. The summed E-state index contributed by atoms with van der Waals surface area (Å²) < 4.78 is 2.71. The summed E-state index contributed by atoms with van der Waals surface area (Å²) in [5.74, 6) is 0.800. The molecule has 0 aromatic carbocycles. The van der Waals surface area contributed by atoms with Crippen molar-refractivity contribution in [2.45, 2.75) is 12.5 Å². The van der Waals surface area contributed by atoms with Crippen LogP contribution >= 0.6 is 15.9 Å². The largest absolute Gasteiger partial charge is 0.301 e. The van der Waals surface area contributed by atoms with Crippen molar-refractivity contribution < 1.29 is 0 Å². The molecule has 70 valence electrons. The van der Waals surface area contributed by atoms with Crippen LogP contribution in [-0.4, -0.2) is 39.3 Å². The van der Waals surface area contributed by atoms with Crippen molar-refractivity contribution in [1.82, 2.24) is 19.7 Å². The van der Waals surface area contributed by atoms with Gasteiger partial charge in [-0.25, -0.2) is 9.67 Å². The summed E-state index contributed by atoms with van der Waals surface area (Å²) >= 11 is 3.28. The van der Waals surface area contributed by atoms with Crippen molar-refractivity contribution in [3.05, 3.63) is 11.1 Å². The predicted octanol–water partition coefficient (Wildman–Crippen LogP) is 0.917. The lowest BCUT2D eigenvalue weighted by molar-refractivity contribution is 0.284. The lowest BCUT2D eigenvalue weighted by Gasteiger charge is -2.21. The van der Waals surface area contributed by atoms with Gasteiger partial charge in [0.1, 0.15) is 6.33 Å². The smallest absolute Gasteiger partial charge is 0.217 e. The molecular formula is C8H11BrN4. The monoisotopic (exact) mass is 242 g/mol. The third-order valence-corrected chi connectivity index (χ3v) is 3.48. The molecule has 2 aliphatic heterocycles. The van der Waals surface area contributed by atoms with Gasteiger partial charge >= 0.3 is 0 Å². The van der Waals surface area contributed by atoms with Gasteiger partial charge in [-0.15, -0.1) is 5.10 Å². The Morgan fingerprint density at radius 2 is 2.38 bits per heavy atom. The van der Waals surface area contributed by atoms with Crippen LogP contribution in [0.25, 0.3) is 0 Å². The summed E-state index contributed by atoms with van der Waals surface area (Å²) in [6.07, 6.45) is 3.15. The zero-order valence-corrected chi connectivity index (χ0v) is 8.81. The SMILES string of the molecule is Brc1ncn(C2CN3CCC2C3)n1. The number of fused-ring (bicyclic) bond motifs is 2. The molecule has 3 rings (SSSR count). The molecule has 2 fully saturated rings. The normalized spacial score (nSPS) is 37.2. The van der Waals surface area contributed by atoms with Crippen molar-refractivity contribution in [2.24, 2.45) is 5.92 Å². The first-order valence-electron chi connectivity index (χ1n) is 4.62. The first-order valence-corrected chi connectivity index (χ1v) is 5.41. The van der Waals surface area contributed by atoms with E-state index in [0.29, 0.717) is 10.8 Å². The second kappa shape index (κ2) is 2.78. The van der Waals surface area contributed by atoms with Crippen molar-refractivity contribution >= 4 is 15.9 Å². The Morgan fingerprint density at radius 3 is 2.92 bits per heavy atom. The average Bonchev–Trinajstić information content (AvgIpc) is 2.77. The zero-order chi connectivity index (χ0) is 8.84. The standard InChI is InChI=1S/C8H11BrN4/c9-8-10-5-13(11-8)7-4-12-2-1-6(7)3-12/h5-7H,1-4H2. The van der Waals surface area contributed by atoms with E-state index in [1.54, 1.807) is 0 Å². The molecule has 0 amide bonds. The Balaban J connectivity index is 1.87. The van der Waals surface area contributed by atoms with E-state index >= 15 is 0 Å². The highest BCUT2D eigenvalue weighted by atomic mass is 79.9. The number of hydrogen-bond acceptors (Lipinski definition) is 3. The van der Waals surface area contributed by atoms with Gasteiger partial charge in [-0.1, -0.05) is 0 Å². The van der Waals surface area contributed by atoms with Gasteiger partial charge in [-0.05, 0) is 34.8 Å². The molecule has 3 heterocycles. The number of piperidine rings is 1. The number of nitrogens with zero attached hydrogens (tertiary/aromatic N) is 4. The summed E-state index contributed by atoms with van der Waals surface area (Å²) in [5, 5.41) is 4.31. The fourth-order valence-electron chi connectivity index (χ4n) is 2.47. The number of hydrogen-bond donors (Lipinski definition) is 0. The zero-order valence-electron chi connectivity index (χ0n) is 7.23. The fraction of sp³-hybridized carbons (Fsp3) is 0.750. The van der Waals surface area contributed by atoms with Crippen molar-refractivity contribution in [3.8, 4) is 0 Å². The molecule has 2 aliphatic rings. The second-order valence-corrected chi connectivity index (χ2v) is 4.58. The Labute approximate surface area is 85.1 Å². The number of aromatic nitrogens is 3. The van der Waals surface area contributed by atoms with Crippen LogP contribution in [0, 0.1) is 5.92 Å².